The van der Waals surface area contributed by atoms with Gasteiger partial charge in [0, 0.05) is 30.6 Å². The number of piperidine rings is 1. The molecule has 76 valence electrons. The van der Waals surface area contributed by atoms with E-state index in [0.29, 0.717) is 6.54 Å². The molecule has 13 heavy (non-hydrogen) atoms. The molecule has 0 aromatic heterocycles. The van der Waals surface area contributed by atoms with Crippen LogP contribution >= 0.6 is 11.8 Å². The summed E-state index contributed by atoms with van der Waals surface area (Å²) in [6, 6.07) is 0.0251. The van der Waals surface area contributed by atoms with Crippen LogP contribution in [0.15, 0.2) is 0 Å². The highest BCUT2D eigenvalue weighted by molar-refractivity contribution is 7.99. The van der Waals surface area contributed by atoms with Gasteiger partial charge in [-0.2, -0.15) is 11.8 Å². The van der Waals surface area contributed by atoms with Crippen molar-refractivity contribution in [1.82, 2.24) is 4.90 Å². The summed E-state index contributed by atoms with van der Waals surface area (Å²) in [6.07, 6.45) is -2.56. The van der Waals surface area contributed by atoms with Crippen LogP contribution < -0.4 is 0 Å². The Kier molecular flexibility index (Phi) is 2.80. The van der Waals surface area contributed by atoms with Crippen LogP contribution in [0.2, 0.25) is 0 Å². The first-order valence-electron chi connectivity index (χ1n) is 4.56. The number of nitrogens with zero attached hydrogens (tertiary/aromatic N) is 1. The Balaban J connectivity index is 2.08. The summed E-state index contributed by atoms with van der Waals surface area (Å²) in [5.74, 6) is 1.90. The summed E-state index contributed by atoms with van der Waals surface area (Å²) in [5, 5.41) is 28.6. The minimum Gasteiger partial charge on any atom is -0.389 e. The fraction of sp³-hybridized carbons (Fsp3) is 1.00. The highest BCUT2D eigenvalue weighted by Crippen LogP contribution is 2.25. The molecule has 0 aromatic rings. The van der Waals surface area contributed by atoms with E-state index in [-0.39, 0.29) is 6.04 Å². The van der Waals surface area contributed by atoms with Crippen LogP contribution in [-0.4, -0.2) is 69.2 Å². The van der Waals surface area contributed by atoms with Gasteiger partial charge in [0.15, 0.2) is 0 Å². The van der Waals surface area contributed by atoms with Crippen molar-refractivity contribution in [2.24, 2.45) is 0 Å². The van der Waals surface area contributed by atoms with E-state index in [1.54, 1.807) is 11.8 Å². The maximum Gasteiger partial charge on any atom is 0.109 e. The number of rotatable bonds is 0. The molecule has 0 aliphatic carbocycles. The molecular weight excluding hydrogens is 190 g/mol. The van der Waals surface area contributed by atoms with E-state index in [1.165, 1.54) is 0 Å². The standard InChI is InChI=1S/C8H15NO3S/c10-6-3-9-1-2-13-4-5(9)7(11)8(6)12/h5-8,10-12H,1-4H2/t5-,6+,7+,8+/m0/s1. The lowest BCUT2D eigenvalue weighted by molar-refractivity contribution is -0.131. The fourth-order valence-electron chi connectivity index (χ4n) is 2.00. The van der Waals surface area contributed by atoms with Gasteiger partial charge in [-0.05, 0) is 0 Å². The van der Waals surface area contributed by atoms with Gasteiger partial charge in [-0.3, -0.25) is 4.90 Å². The van der Waals surface area contributed by atoms with Gasteiger partial charge in [0.25, 0.3) is 0 Å². The smallest absolute Gasteiger partial charge is 0.109 e. The fourth-order valence-corrected chi connectivity index (χ4v) is 3.18. The number of hydrogen-bond donors (Lipinski definition) is 3. The summed E-state index contributed by atoms with van der Waals surface area (Å²) in [7, 11) is 0. The average molecular weight is 205 g/mol. The summed E-state index contributed by atoms with van der Waals surface area (Å²) in [5.41, 5.74) is 0. The lowest BCUT2D eigenvalue weighted by Gasteiger charge is -2.45. The third-order valence-electron chi connectivity index (χ3n) is 2.84. The van der Waals surface area contributed by atoms with Crippen LogP contribution in [-0.2, 0) is 0 Å². The van der Waals surface area contributed by atoms with Gasteiger partial charge in [-0.1, -0.05) is 0 Å². The molecule has 4 atom stereocenters. The van der Waals surface area contributed by atoms with Gasteiger partial charge >= 0.3 is 0 Å². The highest BCUT2D eigenvalue weighted by atomic mass is 32.2. The zero-order valence-electron chi connectivity index (χ0n) is 7.33. The molecule has 0 spiro atoms. The Bertz CT molecular complexity index is 190. The maximum atomic E-state index is 9.68. The van der Waals surface area contributed by atoms with Crippen LogP contribution in [0, 0.1) is 0 Å². The summed E-state index contributed by atoms with van der Waals surface area (Å²) < 4.78 is 0. The molecule has 2 rings (SSSR count). The monoisotopic (exact) mass is 205 g/mol. The normalized spacial score (nSPS) is 47.3. The van der Waals surface area contributed by atoms with Gasteiger partial charge < -0.3 is 15.3 Å². The van der Waals surface area contributed by atoms with Gasteiger partial charge in [0.05, 0.1) is 12.2 Å². The first-order chi connectivity index (χ1) is 6.20. The molecule has 2 aliphatic rings. The van der Waals surface area contributed by atoms with Crippen molar-refractivity contribution >= 4 is 11.8 Å². The third kappa shape index (κ3) is 1.71. The SMILES string of the molecule is O[C@H]1[C@H](O)[C@@H]2CSCCN2C[C@H]1O. The minimum atomic E-state index is -0.972. The molecule has 0 unspecified atom stereocenters. The van der Waals surface area contributed by atoms with Crippen LogP contribution in [0.25, 0.3) is 0 Å². The maximum absolute atomic E-state index is 9.68. The molecule has 2 aliphatic heterocycles. The first-order valence-corrected chi connectivity index (χ1v) is 5.71. The quantitative estimate of drug-likeness (QED) is 0.449. The Morgan fingerprint density at radius 3 is 2.69 bits per heavy atom. The molecule has 0 aromatic carbocycles. The minimum absolute atomic E-state index is 0.0251. The number of thioether (sulfide) groups is 1. The van der Waals surface area contributed by atoms with Crippen molar-refractivity contribution in [3.8, 4) is 0 Å². The molecule has 2 fully saturated rings. The number of aliphatic hydroxyl groups is 3. The van der Waals surface area contributed by atoms with Crippen molar-refractivity contribution in [3.63, 3.8) is 0 Å². The number of fused-ring (bicyclic) bond motifs is 1. The largest absolute Gasteiger partial charge is 0.389 e. The Morgan fingerprint density at radius 1 is 1.15 bits per heavy atom. The van der Waals surface area contributed by atoms with E-state index in [4.69, 9.17) is 0 Å². The van der Waals surface area contributed by atoms with Crippen molar-refractivity contribution in [1.29, 1.82) is 0 Å². The number of aliphatic hydroxyl groups excluding tert-OH is 3. The molecule has 3 N–H and O–H groups in total. The zero-order valence-corrected chi connectivity index (χ0v) is 8.15. The van der Waals surface area contributed by atoms with Crippen molar-refractivity contribution in [2.45, 2.75) is 24.4 Å². The molecule has 0 radical (unpaired) electrons. The molecule has 5 heteroatoms. The van der Waals surface area contributed by atoms with Gasteiger partial charge in [-0.25, -0.2) is 0 Å². The predicted molar refractivity (Wildman–Crippen MR) is 50.7 cm³/mol. The van der Waals surface area contributed by atoms with Crippen LogP contribution in [0.1, 0.15) is 0 Å². The molecule has 2 heterocycles. The second-order valence-corrected chi connectivity index (χ2v) is 4.84. The second-order valence-electron chi connectivity index (χ2n) is 3.69. The Morgan fingerprint density at radius 2 is 1.92 bits per heavy atom. The van der Waals surface area contributed by atoms with Gasteiger partial charge in [0.1, 0.15) is 6.10 Å². The summed E-state index contributed by atoms with van der Waals surface area (Å²) in [4.78, 5) is 2.07. The van der Waals surface area contributed by atoms with E-state index in [0.717, 1.165) is 18.1 Å². The Labute approximate surface area is 81.5 Å². The van der Waals surface area contributed by atoms with Gasteiger partial charge in [0.2, 0.25) is 0 Å². The second kappa shape index (κ2) is 3.74. The van der Waals surface area contributed by atoms with Crippen molar-refractivity contribution in [2.75, 3.05) is 24.6 Å². The van der Waals surface area contributed by atoms with Gasteiger partial charge in [-0.15, -0.1) is 0 Å². The van der Waals surface area contributed by atoms with Crippen molar-refractivity contribution < 1.29 is 15.3 Å². The van der Waals surface area contributed by atoms with Crippen LogP contribution in [0.3, 0.4) is 0 Å². The highest BCUT2D eigenvalue weighted by Gasteiger charge is 2.42. The average Bonchev–Trinajstić information content (AvgIpc) is 2.15. The lowest BCUT2D eigenvalue weighted by Crippen LogP contribution is -2.63. The molecule has 0 amide bonds. The van der Waals surface area contributed by atoms with Crippen LogP contribution in [0.4, 0.5) is 0 Å². The zero-order chi connectivity index (χ0) is 9.42. The van der Waals surface area contributed by atoms with E-state index >= 15 is 0 Å². The summed E-state index contributed by atoms with van der Waals surface area (Å²) >= 11 is 1.79. The van der Waals surface area contributed by atoms with E-state index < -0.39 is 18.3 Å². The third-order valence-corrected chi connectivity index (χ3v) is 3.89. The summed E-state index contributed by atoms with van der Waals surface area (Å²) in [6.45, 7) is 1.39. The number of hydrogen-bond acceptors (Lipinski definition) is 5. The molecule has 2 saturated heterocycles. The topological polar surface area (TPSA) is 63.9 Å². The molecule has 4 nitrogen and oxygen atoms in total. The van der Waals surface area contributed by atoms with E-state index in [2.05, 4.69) is 4.90 Å². The van der Waals surface area contributed by atoms with Crippen molar-refractivity contribution in [3.05, 3.63) is 0 Å². The van der Waals surface area contributed by atoms with Crippen LogP contribution in [0.5, 0.6) is 0 Å². The van der Waals surface area contributed by atoms with E-state index in [9.17, 15) is 15.3 Å². The lowest BCUT2D eigenvalue weighted by atomic mass is 9.95. The molecule has 0 bridgehead atoms. The Hall–Kier alpha value is 0.190. The molecular formula is C8H15NO3S. The predicted octanol–water partition coefficient (Wildman–Crippen LogP) is -1.50. The first kappa shape index (κ1) is 9.73. The van der Waals surface area contributed by atoms with E-state index in [1.807, 2.05) is 0 Å². The molecule has 0 saturated carbocycles.